The van der Waals surface area contributed by atoms with E-state index in [-0.39, 0.29) is 24.0 Å². The van der Waals surface area contributed by atoms with Crippen LogP contribution in [0.2, 0.25) is 0 Å². The van der Waals surface area contributed by atoms with Crippen LogP contribution in [0.4, 0.5) is 4.39 Å². The van der Waals surface area contributed by atoms with Gasteiger partial charge < -0.3 is 14.9 Å². The van der Waals surface area contributed by atoms with Crippen LogP contribution in [0.15, 0.2) is 34.9 Å². The molecule has 1 aromatic carbocycles. The molecule has 0 aliphatic carbocycles. The zero-order valence-electron chi connectivity index (χ0n) is 10.1. The lowest BCUT2D eigenvalue weighted by Crippen LogP contribution is -2.25. The standard InChI is InChI=1S/C13H13FN2O3/c14-10-4-2-9(3-5-10)12-8-11(16-19-12)13(18)15-6-1-7-17/h2-5,8,17H,1,6-7H2,(H,15,18). The molecule has 6 heteroatoms. The van der Waals surface area contributed by atoms with E-state index in [0.717, 1.165) is 0 Å². The molecule has 2 aromatic rings. The molecule has 0 atom stereocenters. The van der Waals surface area contributed by atoms with Crippen molar-refractivity contribution < 1.29 is 18.8 Å². The maximum absolute atomic E-state index is 12.8. The van der Waals surface area contributed by atoms with Gasteiger partial charge in [-0.25, -0.2) is 4.39 Å². The molecule has 0 saturated carbocycles. The molecule has 0 saturated heterocycles. The summed E-state index contributed by atoms with van der Waals surface area (Å²) in [4.78, 5) is 11.6. The van der Waals surface area contributed by atoms with Gasteiger partial charge in [0.2, 0.25) is 0 Å². The quantitative estimate of drug-likeness (QED) is 0.804. The van der Waals surface area contributed by atoms with Gasteiger partial charge in [0.15, 0.2) is 11.5 Å². The van der Waals surface area contributed by atoms with Crippen molar-refractivity contribution >= 4 is 5.91 Å². The Kier molecular flexibility index (Phi) is 4.25. The van der Waals surface area contributed by atoms with Gasteiger partial charge in [0, 0.05) is 24.8 Å². The van der Waals surface area contributed by atoms with Crippen LogP contribution in [-0.2, 0) is 0 Å². The first-order chi connectivity index (χ1) is 9.20. The van der Waals surface area contributed by atoms with E-state index in [1.54, 1.807) is 12.1 Å². The predicted octanol–water partition coefficient (Wildman–Crippen LogP) is 1.59. The summed E-state index contributed by atoms with van der Waals surface area (Å²) in [6.45, 7) is 0.383. The Balaban J connectivity index is 2.06. The Morgan fingerprint density at radius 1 is 1.37 bits per heavy atom. The molecule has 0 aliphatic rings. The number of nitrogens with one attached hydrogen (secondary N) is 1. The van der Waals surface area contributed by atoms with Crippen molar-refractivity contribution in [3.8, 4) is 11.3 Å². The molecular weight excluding hydrogens is 251 g/mol. The predicted molar refractivity (Wildman–Crippen MR) is 65.9 cm³/mol. The molecule has 0 bridgehead atoms. The van der Waals surface area contributed by atoms with Gasteiger partial charge in [0.05, 0.1) is 0 Å². The van der Waals surface area contributed by atoms with Crippen molar-refractivity contribution in [3.05, 3.63) is 41.8 Å². The van der Waals surface area contributed by atoms with E-state index in [4.69, 9.17) is 9.63 Å². The van der Waals surface area contributed by atoms with E-state index < -0.39 is 0 Å². The molecule has 2 N–H and O–H groups in total. The van der Waals surface area contributed by atoms with Crippen molar-refractivity contribution in [2.45, 2.75) is 6.42 Å². The minimum atomic E-state index is -0.370. The first-order valence-corrected chi connectivity index (χ1v) is 5.82. The molecule has 19 heavy (non-hydrogen) atoms. The molecule has 0 unspecified atom stereocenters. The molecule has 1 amide bonds. The summed E-state index contributed by atoms with van der Waals surface area (Å²) in [5, 5.41) is 14.9. The highest BCUT2D eigenvalue weighted by molar-refractivity contribution is 5.93. The molecular formula is C13H13FN2O3. The molecule has 0 aliphatic heterocycles. The number of hydrogen-bond donors (Lipinski definition) is 2. The number of nitrogens with zero attached hydrogens (tertiary/aromatic N) is 1. The Labute approximate surface area is 109 Å². The highest BCUT2D eigenvalue weighted by Crippen LogP contribution is 2.20. The third-order valence-corrected chi connectivity index (χ3v) is 2.49. The lowest BCUT2D eigenvalue weighted by Gasteiger charge is -1.99. The second kappa shape index (κ2) is 6.10. The Hall–Kier alpha value is -2.21. The number of hydrogen-bond acceptors (Lipinski definition) is 4. The molecule has 1 heterocycles. The van der Waals surface area contributed by atoms with Gasteiger partial charge in [-0.3, -0.25) is 4.79 Å². The molecule has 0 fully saturated rings. The largest absolute Gasteiger partial charge is 0.396 e. The smallest absolute Gasteiger partial charge is 0.273 e. The average molecular weight is 264 g/mol. The Bertz CT molecular complexity index is 551. The number of aliphatic hydroxyl groups excluding tert-OH is 1. The van der Waals surface area contributed by atoms with E-state index in [0.29, 0.717) is 24.3 Å². The van der Waals surface area contributed by atoms with Crippen LogP contribution >= 0.6 is 0 Å². The fourth-order valence-corrected chi connectivity index (χ4v) is 1.50. The van der Waals surface area contributed by atoms with Crippen molar-refractivity contribution in [1.82, 2.24) is 10.5 Å². The van der Waals surface area contributed by atoms with Crippen LogP contribution < -0.4 is 5.32 Å². The van der Waals surface area contributed by atoms with Crippen LogP contribution in [0.25, 0.3) is 11.3 Å². The lowest BCUT2D eigenvalue weighted by atomic mass is 10.1. The normalized spacial score (nSPS) is 10.4. The minimum Gasteiger partial charge on any atom is -0.396 e. The molecule has 0 spiro atoms. The summed E-state index contributed by atoms with van der Waals surface area (Å²) in [6.07, 6.45) is 0.481. The minimum absolute atomic E-state index is 0.0138. The van der Waals surface area contributed by atoms with Crippen LogP contribution in [0, 0.1) is 5.82 Å². The highest BCUT2D eigenvalue weighted by atomic mass is 19.1. The number of amides is 1. The summed E-state index contributed by atoms with van der Waals surface area (Å²) >= 11 is 0. The number of benzene rings is 1. The first-order valence-electron chi connectivity index (χ1n) is 5.82. The van der Waals surface area contributed by atoms with Gasteiger partial charge in [-0.2, -0.15) is 0 Å². The van der Waals surface area contributed by atoms with Gasteiger partial charge >= 0.3 is 0 Å². The summed E-state index contributed by atoms with van der Waals surface area (Å²) < 4.78 is 17.8. The first kappa shape index (κ1) is 13.2. The topological polar surface area (TPSA) is 75.4 Å². The van der Waals surface area contributed by atoms with Crippen molar-refractivity contribution in [2.24, 2.45) is 0 Å². The maximum atomic E-state index is 12.8. The number of halogens is 1. The molecule has 100 valence electrons. The number of carbonyl (C=O) groups is 1. The van der Waals surface area contributed by atoms with E-state index in [1.165, 1.54) is 18.2 Å². The zero-order valence-corrected chi connectivity index (χ0v) is 10.1. The van der Waals surface area contributed by atoms with Crippen molar-refractivity contribution in [1.29, 1.82) is 0 Å². The second-order valence-electron chi connectivity index (χ2n) is 3.92. The van der Waals surface area contributed by atoms with Crippen LogP contribution in [0.5, 0.6) is 0 Å². The second-order valence-corrected chi connectivity index (χ2v) is 3.92. The van der Waals surface area contributed by atoms with Gasteiger partial charge in [0.25, 0.3) is 5.91 Å². The number of aromatic nitrogens is 1. The van der Waals surface area contributed by atoms with E-state index in [1.807, 2.05) is 0 Å². The fraction of sp³-hybridized carbons (Fsp3) is 0.231. The van der Waals surface area contributed by atoms with Crippen LogP contribution in [0.3, 0.4) is 0 Å². The zero-order chi connectivity index (χ0) is 13.7. The van der Waals surface area contributed by atoms with Gasteiger partial charge in [-0.1, -0.05) is 5.16 Å². The van der Waals surface area contributed by atoms with Crippen molar-refractivity contribution in [3.63, 3.8) is 0 Å². The monoisotopic (exact) mass is 264 g/mol. The average Bonchev–Trinajstić information content (AvgIpc) is 2.89. The van der Waals surface area contributed by atoms with E-state index in [9.17, 15) is 9.18 Å². The van der Waals surface area contributed by atoms with Crippen LogP contribution in [0.1, 0.15) is 16.9 Å². The maximum Gasteiger partial charge on any atom is 0.273 e. The van der Waals surface area contributed by atoms with Gasteiger partial charge in [-0.05, 0) is 30.7 Å². The molecule has 1 aromatic heterocycles. The number of carbonyl (C=O) groups excluding carboxylic acids is 1. The fourth-order valence-electron chi connectivity index (χ4n) is 1.50. The third-order valence-electron chi connectivity index (χ3n) is 2.49. The summed E-state index contributed by atoms with van der Waals surface area (Å²) in [5.74, 6) is -0.317. The van der Waals surface area contributed by atoms with E-state index >= 15 is 0 Å². The van der Waals surface area contributed by atoms with Gasteiger partial charge in [-0.15, -0.1) is 0 Å². The number of aliphatic hydroxyl groups is 1. The number of rotatable bonds is 5. The molecule has 0 radical (unpaired) electrons. The Morgan fingerprint density at radius 2 is 2.11 bits per heavy atom. The van der Waals surface area contributed by atoms with Crippen LogP contribution in [-0.4, -0.2) is 29.3 Å². The van der Waals surface area contributed by atoms with Crippen molar-refractivity contribution in [2.75, 3.05) is 13.2 Å². The third kappa shape index (κ3) is 3.38. The molecule has 2 rings (SSSR count). The summed E-state index contributed by atoms with van der Waals surface area (Å²) in [5.41, 5.74) is 0.792. The summed E-state index contributed by atoms with van der Waals surface area (Å²) in [6, 6.07) is 7.19. The SMILES string of the molecule is O=C(NCCCO)c1cc(-c2ccc(F)cc2)on1. The Morgan fingerprint density at radius 3 is 2.79 bits per heavy atom. The summed E-state index contributed by atoms with van der Waals surface area (Å²) in [7, 11) is 0. The highest BCUT2D eigenvalue weighted by Gasteiger charge is 2.13. The lowest BCUT2D eigenvalue weighted by molar-refractivity contribution is 0.0942. The van der Waals surface area contributed by atoms with E-state index in [2.05, 4.69) is 10.5 Å². The molecule has 5 nitrogen and oxygen atoms in total. The van der Waals surface area contributed by atoms with Gasteiger partial charge in [0.1, 0.15) is 5.82 Å².